The van der Waals surface area contributed by atoms with Gasteiger partial charge in [-0.15, -0.1) is 0 Å². The van der Waals surface area contributed by atoms with Gasteiger partial charge in [-0.05, 0) is 102 Å². The lowest BCUT2D eigenvalue weighted by molar-refractivity contribution is -0.170. The summed E-state index contributed by atoms with van der Waals surface area (Å²) in [7, 11) is 0. The van der Waals surface area contributed by atoms with Crippen LogP contribution in [0.5, 0.6) is 0 Å². The Kier molecular flexibility index (Phi) is 7.34. The average molecular weight is 428 g/mol. The standard InChI is InChI=1S/C24H39F2NO3/c25-17-5-1-15(2-6-17)22(29)14-13-21-23(16-3-11-20(28)12-4-16)27(24(21)30)19-9-7-18(26)8-10-19/h15-23,28-29H,1-14H2/t15?,16?,17?,18?,19?,20?,21-,22+,23-/m1/s1. The molecule has 0 aromatic carbocycles. The summed E-state index contributed by atoms with van der Waals surface area (Å²) in [5, 5.41) is 20.6. The molecule has 3 saturated carbocycles. The number of β-lactam (4-membered cyclic amide) rings is 1. The first-order chi connectivity index (χ1) is 14.4. The summed E-state index contributed by atoms with van der Waals surface area (Å²) in [4.78, 5) is 15.2. The fraction of sp³-hybridized carbons (Fsp3) is 0.958. The predicted octanol–water partition coefficient (Wildman–Crippen LogP) is 4.31. The van der Waals surface area contributed by atoms with Crippen molar-refractivity contribution < 1.29 is 23.8 Å². The number of hydrogen-bond acceptors (Lipinski definition) is 3. The molecule has 4 nitrogen and oxygen atoms in total. The molecule has 4 aliphatic rings. The molecular formula is C24H39F2NO3. The van der Waals surface area contributed by atoms with Gasteiger partial charge >= 0.3 is 0 Å². The highest BCUT2D eigenvalue weighted by molar-refractivity contribution is 5.86. The first-order valence-corrected chi connectivity index (χ1v) is 12.4. The fourth-order valence-corrected chi connectivity index (χ4v) is 6.68. The van der Waals surface area contributed by atoms with E-state index in [0.29, 0.717) is 44.4 Å². The molecule has 0 radical (unpaired) electrons. The number of nitrogens with zero attached hydrogens (tertiary/aromatic N) is 1. The van der Waals surface area contributed by atoms with Crippen LogP contribution in [0.15, 0.2) is 0 Å². The number of aliphatic hydroxyl groups excluding tert-OH is 2. The summed E-state index contributed by atoms with van der Waals surface area (Å²) in [6, 6.07) is 0.335. The van der Waals surface area contributed by atoms with Crippen LogP contribution >= 0.6 is 0 Å². The summed E-state index contributed by atoms with van der Waals surface area (Å²) in [6.07, 6.45) is 7.80. The van der Waals surface area contributed by atoms with Gasteiger partial charge in [0.15, 0.2) is 0 Å². The molecule has 0 unspecified atom stereocenters. The third-order valence-corrected chi connectivity index (χ3v) is 8.57. The van der Waals surface area contributed by atoms with Crippen molar-refractivity contribution in [2.24, 2.45) is 17.8 Å². The molecule has 30 heavy (non-hydrogen) atoms. The third-order valence-electron chi connectivity index (χ3n) is 8.57. The lowest BCUT2D eigenvalue weighted by Gasteiger charge is -2.56. The molecule has 6 heteroatoms. The molecule has 172 valence electrons. The van der Waals surface area contributed by atoms with Crippen LogP contribution in [-0.4, -0.2) is 57.7 Å². The molecule has 4 fully saturated rings. The summed E-state index contributed by atoms with van der Waals surface area (Å²) in [6.45, 7) is 0. The highest BCUT2D eigenvalue weighted by Gasteiger charge is 2.53. The van der Waals surface area contributed by atoms with Crippen LogP contribution in [0.3, 0.4) is 0 Å². The molecule has 1 aliphatic heterocycles. The van der Waals surface area contributed by atoms with Gasteiger partial charge in [0, 0.05) is 12.1 Å². The summed E-state index contributed by atoms with van der Waals surface area (Å²) in [5.74, 6) is 0.693. The molecule has 0 bridgehead atoms. The number of alkyl halides is 2. The highest BCUT2D eigenvalue weighted by atomic mass is 19.1. The molecular weight excluding hydrogens is 388 g/mol. The molecule has 1 amide bonds. The average Bonchev–Trinajstić information content (AvgIpc) is 2.74. The van der Waals surface area contributed by atoms with E-state index >= 15 is 0 Å². The molecule has 3 atom stereocenters. The second kappa shape index (κ2) is 9.81. The minimum absolute atomic E-state index is 0.0551. The third kappa shape index (κ3) is 4.85. The quantitative estimate of drug-likeness (QED) is 0.621. The van der Waals surface area contributed by atoms with Crippen LogP contribution in [0.25, 0.3) is 0 Å². The molecule has 0 aromatic heterocycles. The van der Waals surface area contributed by atoms with Gasteiger partial charge in [-0.2, -0.15) is 0 Å². The topological polar surface area (TPSA) is 60.8 Å². The van der Waals surface area contributed by atoms with Crippen molar-refractivity contribution in [2.75, 3.05) is 0 Å². The van der Waals surface area contributed by atoms with Crippen LogP contribution in [0, 0.1) is 17.8 Å². The van der Waals surface area contributed by atoms with Gasteiger partial charge in [0.05, 0.1) is 18.1 Å². The van der Waals surface area contributed by atoms with Gasteiger partial charge < -0.3 is 15.1 Å². The minimum Gasteiger partial charge on any atom is -0.393 e. The van der Waals surface area contributed by atoms with Crippen molar-refractivity contribution >= 4 is 5.91 Å². The maximum atomic E-state index is 13.6. The van der Waals surface area contributed by atoms with Gasteiger partial charge in [-0.1, -0.05) is 0 Å². The van der Waals surface area contributed by atoms with Crippen molar-refractivity contribution in [3.63, 3.8) is 0 Å². The zero-order chi connectivity index (χ0) is 21.3. The van der Waals surface area contributed by atoms with E-state index in [1.54, 1.807) is 0 Å². The maximum Gasteiger partial charge on any atom is 0.228 e. The van der Waals surface area contributed by atoms with E-state index in [4.69, 9.17) is 0 Å². The summed E-state index contributed by atoms with van der Waals surface area (Å²) >= 11 is 0. The van der Waals surface area contributed by atoms with Crippen molar-refractivity contribution in [1.29, 1.82) is 0 Å². The van der Waals surface area contributed by atoms with Crippen LogP contribution < -0.4 is 0 Å². The highest BCUT2D eigenvalue weighted by Crippen LogP contribution is 2.45. The van der Waals surface area contributed by atoms with Crippen LogP contribution in [0.4, 0.5) is 8.78 Å². The van der Waals surface area contributed by atoms with E-state index < -0.39 is 18.4 Å². The number of rotatable bonds is 6. The Labute approximate surface area is 179 Å². The largest absolute Gasteiger partial charge is 0.393 e. The Morgan fingerprint density at radius 3 is 2.03 bits per heavy atom. The van der Waals surface area contributed by atoms with Crippen molar-refractivity contribution in [3.05, 3.63) is 0 Å². The van der Waals surface area contributed by atoms with Gasteiger partial charge in [0.1, 0.15) is 12.3 Å². The first kappa shape index (κ1) is 22.4. The van der Waals surface area contributed by atoms with Gasteiger partial charge in [-0.25, -0.2) is 8.78 Å². The number of halogens is 2. The molecule has 0 aromatic rings. The summed E-state index contributed by atoms with van der Waals surface area (Å²) < 4.78 is 27.0. The zero-order valence-electron chi connectivity index (χ0n) is 18.1. The van der Waals surface area contributed by atoms with E-state index in [1.807, 2.05) is 0 Å². The molecule has 3 aliphatic carbocycles. The number of amides is 1. The lowest BCUT2D eigenvalue weighted by atomic mass is 9.68. The lowest BCUT2D eigenvalue weighted by Crippen LogP contribution is -2.67. The second-order valence-corrected chi connectivity index (χ2v) is 10.5. The van der Waals surface area contributed by atoms with E-state index in [-0.39, 0.29) is 35.9 Å². The number of carbonyl (C=O) groups is 1. The summed E-state index contributed by atoms with van der Waals surface area (Å²) in [5.41, 5.74) is 0. The van der Waals surface area contributed by atoms with Crippen molar-refractivity contribution in [2.45, 2.75) is 127 Å². The fourth-order valence-electron chi connectivity index (χ4n) is 6.68. The number of carbonyl (C=O) groups excluding carboxylic acids is 1. The monoisotopic (exact) mass is 427 g/mol. The molecule has 4 rings (SSSR count). The van der Waals surface area contributed by atoms with Crippen molar-refractivity contribution in [1.82, 2.24) is 4.90 Å². The van der Waals surface area contributed by atoms with E-state index in [9.17, 15) is 23.8 Å². The number of aliphatic hydroxyl groups is 2. The number of hydrogen-bond donors (Lipinski definition) is 2. The normalized spacial score (nSPS) is 43.9. The van der Waals surface area contributed by atoms with Crippen LogP contribution in [-0.2, 0) is 4.79 Å². The SMILES string of the molecule is O=C1[C@H](CC[C@H](O)C2CCC(F)CC2)[C@@H](C2CCC(O)CC2)N1C1CCC(F)CC1. The second-order valence-electron chi connectivity index (χ2n) is 10.5. The maximum absolute atomic E-state index is 13.6. The van der Waals surface area contributed by atoms with E-state index in [1.165, 1.54) is 0 Å². The smallest absolute Gasteiger partial charge is 0.228 e. The van der Waals surface area contributed by atoms with E-state index in [2.05, 4.69) is 4.90 Å². The molecule has 0 spiro atoms. The molecule has 1 saturated heterocycles. The van der Waals surface area contributed by atoms with Gasteiger partial charge in [-0.3, -0.25) is 4.79 Å². The van der Waals surface area contributed by atoms with Crippen molar-refractivity contribution in [3.8, 4) is 0 Å². The zero-order valence-corrected chi connectivity index (χ0v) is 18.1. The van der Waals surface area contributed by atoms with Gasteiger partial charge in [0.25, 0.3) is 0 Å². The number of likely N-dealkylation sites (tertiary alicyclic amines) is 1. The minimum atomic E-state index is -0.730. The van der Waals surface area contributed by atoms with Crippen LogP contribution in [0.2, 0.25) is 0 Å². The Hall–Kier alpha value is -0.750. The Morgan fingerprint density at radius 1 is 0.867 bits per heavy atom. The first-order valence-electron chi connectivity index (χ1n) is 12.4. The Bertz CT molecular complexity index is 567. The van der Waals surface area contributed by atoms with Crippen LogP contribution in [0.1, 0.15) is 89.9 Å². The molecule has 1 heterocycles. The van der Waals surface area contributed by atoms with Gasteiger partial charge in [0.2, 0.25) is 5.91 Å². The van der Waals surface area contributed by atoms with E-state index in [0.717, 1.165) is 51.4 Å². The Morgan fingerprint density at radius 2 is 1.43 bits per heavy atom. The molecule has 2 N–H and O–H groups in total. The Balaban J connectivity index is 1.37. The predicted molar refractivity (Wildman–Crippen MR) is 111 cm³/mol.